The summed E-state index contributed by atoms with van der Waals surface area (Å²) in [5.74, 6) is 1.31. The summed E-state index contributed by atoms with van der Waals surface area (Å²) in [5.41, 5.74) is 3.24. The maximum absolute atomic E-state index is 12.0. The van der Waals surface area contributed by atoms with Crippen LogP contribution in [0.15, 0.2) is 22.7 Å². The number of anilines is 2. The molecule has 25 heavy (non-hydrogen) atoms. The van der Waals surface area contributed by atoms with E-state index in [1.807, 2.05) is 18.2 Å². The third-order valence-electron chi connectivity index (χ3n) is 4.09. The van der Waals surface area contributed by atoms with Crippen LogP contribution in [0.5, 0.6) is 5.75 Å². The zero-order valence-corrected chi connectivity index (χ0v) is 14.3. The van der Waals surface area contributed by atoms with Crippen LogP contribution in [0.1, 0.15) is 36.3 Å². The van der Waals surface area contributed by atoms with E-state index < -0.39 is 0 Å². The molecule has 0 atom stereocenters. The normalized spacial score (nSPS) is 13.1. The molecule has 2 N–H and O–H groups in total. The van der Waals surface area contributed by atoms with Crippen LogP contribution in [0.25, 0.3) is 0 Å². The number of aromatic nitrogens is 1. The zero-order valence-electron chi connectivity index (χ0n) is 14.3. The number of carbonyl (C=O) groups is 2. The fourth-order valence-corrected chi connectivity index (χ4v) is 2.74. The number of aryl methyl sites for hydroxylation is 3. The van der Waals surface area contributed by atoms with Gasteiger partial charge in [-0.3, -0.25) is 9.59 Å². The molecule has 0 bridgehead atoms. The number of hydrogen-bond acceptors (Lipinski definition) is 5. The second-order valence-electron chi connectivity index (χ2n) is 6.07. The maximum Gasteiger partial charge on any atom is 0.224 e. The van der Waals surface area contributed by atoms with Crippen molar-refractivity contribution in [3.05, 3.63) is 35.2 Å². The Morgan fingerprint density at radius 2 is 2.20 bits per heavy atom. The summed E-state index contributed by atoms with van der Waals surface area (Å²) < 4.78 is 10.7. The summed E-state index contributed by atoms with van der Waals surface area (Å²) >= 11 is 0. The smallest absolute Gasteiger partial charge is 0.224 e. The van der Waals surface area contributed by atoms with Gasteiger partial charge in [0.2, 0.25) is 11.8 Å². The summed E-state index contributed by atoms with van der Waals surface area (Å²) in [6.07, 6.45) is 2.17. The summed E-state index contributed by atoms with van der Waals surface area (Å²) in [4.78, 5) is 23.3. The van der Waals surface area contributed by atoms with Crippen molar-refractivity contribution in [2.24, 2.45) is 0 Å². The van der Waals surface area contributed by atoms with Crippen LogP contribution in [-0.4, -0.2) is 23.6 Å². The van der Waals surface area contributed by atoms with E-state index >= 15 is 0 Å². The van der Waals surface area contributed by atoms with E-state index in [4.69, 9.17) is 9.26 Å². The van der Waals surface area contributed by atoms with Gasteiger partial charge in [-0.05, 0) is 50.5 Å². The van der Waals surface area contributed by atoms with Gasteiger partial charge in [-0.2, -0.15) is 0 Å². The van der Waals surface area contributed by atoms with Crippen LogP contribution < -0.4 is 15.4 Å². The Morgan fingerprint density at radius 3 is 2.96 bits per heavy atom. The molecule has 7 nitrogen and oxygen atoms in total. The van der Waals surface area contributed by atoms with Crippen molar-refractivity contribution in [1.82, 2.24) is 5.16 Å². The third-order valence-corrected chi connectivity index (χ3v) is 4.09. The molecule has 3 rings (SSSR count). The van der Waals surface area contributed by atoms with Gasteiger partial charge in [0.1, 0.15) is 17.1 Å². The number of hydrogen-bond donors (Lipinski definition) is 2. The Labute approximate surface area is 145 Å². The Morgan fingerprint density at radius 1 is 1.36 bits per heavy atom. The lowest BCUT2D eigenvalue weighted by atomic mass is 10.0. The number of benzene rings is 1. The number of nitrogens with one attached hydrogen (secondary N) is 2. The van der Waals surface area contributed by atoms with Crippen molar-refractivity contribution in [1.29, 1.82) is 0 Å². The minimum Gasteiger partial charge on any atom is -0.494 e. The minimum atomic E-state index is -0.0915. The largest absolute Gasteiger partial charge is 0.494 e. The lowest BCUT2D eigenvalue weighted by Gasteiger charge is -2.17. The lowest BCUT2D eigenvalue weighted by molar-refractivity contribution is -0.117. The van der Waals surface area contributed by atoms with E-state index in [-0.39, 0.29) is 11.8 Å². The van der Waals surface area contributed by atoms with Crippen molar-refractivity contribution < 1.29 is 18.8 Å². The summed E-state index contributed by atoms with van der Waals surface area (Å²) in [6.45, 7) is 3.99. The Kier molecular flexibility index (Phi) is 5.02. The first-order valence-corrected chi connectivity index (χ1v) is 8.31. The Hall–Kier alpha value is -2.83. The molecule has 0 unspecified atom stereocenters. The first kappa shape index (κ1) is 17.0. The predicted molar refractivity (Wildman–Crippen MR) is 92.7 cm³/mol. The highest BCUT2D eigenvalue weighted by molar-refractivity contribution is 5.94. The van der Waals surface area contributed by atoms with Gasteiger partial charge in [0.25, 0.3) is 0 Å². The second-order valence-corrected chi connectivity index (χ2v) is 6.07. The van der Waals surface area contributed by atoms with E-state index in [9.17, 15) is 9.59 Å². The molecule has 2 amide bonds. The first-order chi connectivity index (χ1) is 12.0. The molecule has 0 saturated heterocycles. The molecule has 1 aromatic heterocycles. The van der Waals surface area contributed by atoms with Crippen molar-refractivity contribution in [3.8, 4) is 5.75 Å². The van der Waals surface area contributed by atoms with E-state index in [0.29, 0.717) is 43.0 Å². The maximum atomic E-state index is 12.0. The third kappa shape index (κ3) is 4.17. The summed E-state index contributed by atoms with van der Waals surface area (Å²) in [7, 11) is 0. The van der Waals surface area contributed by atoms with Crippen molar-refractivity contribution >= 4 is 23.2 Å². The van der Waals surface area contributed by atoms with Crippen molar-refractivity contribution in [3.63, 3.8) is 0 Å². The number of rotatable bonds is 6. The SMILES string of the molecule is Cc1noc(C)c1NC(=O)CCCOc1ccc2c(c1)CCC(=O)N2. The molecule has 1 aliphatic heterocycles. The molecule has 2 aromatic rings. The molecule has 1 aliphatic rings. The highest BCUT2D eigenvalue weighted by Crippen LogP contribution is 2.27. The molecular weight excluding hydrogens is 322 g/mol. The quantitative estimate of drug-likeness (QED) is 0.787. The van der Waals surface area contributed by atoms with Crippen LogP contribution in [0.3, 0.4) is 0 Å². The van der Waals surface area contributed by atoms with Crippen LogP contribution >= 0.6 is 0 Å². The molecule has 2 heterocycles. The van der Waals surface area contributed by atoms with E-state index in [1.54, 1.807) is 13.8 Å². The molecule has 0 fully saturated rings. The second kappa shape index (κ2) is 7.38. The topological polar surface area (TPSA) is 93.5 Å². The van der Waals surface area contributed by atoms with Crippen LogP contribution in [0.2, 0.25) is 0 Å². The van der Waals surface area contributed by atoms with Gasteiger partial charge in [-0.25, -0.2) is 0 Å². The minimum absolute atomic E-state index is 0.0467. The molecular formula is C18H21N3O4. The lowest BCUT2D eigenvalue weighted by Crippen LogP contribution is -2.18. The first-order valence-electron chi connectivity index (χ1n) is 8.31. The highest BCUT2D eigenvalue weighted by atomic mass is 16.5. The van der Waals surface area contributed by atoms with E-state index in [0.717, 1.165) is 23.4 Å². The highest BCUT2D eigenvalue weighted by Gasteiger charge is 2.15. The molecule has 0 spiro atoms. The van der Waals surface area contributed by atoms with Crippen LogP contribution in [0, 0.1) is 13.8 Å². The van der Waals surface area contributed by atoms with Gasteiger partial charge in [0.15, 0.2) is 5.76 Å². The number of carbonyl (C=O) groups excluding carboxylic acids is 2. The van der Waals surface area contributed by atoms with Gasteiger partial charge in [-0.15, -0.1) is 0 Å². The van der Waals surface area contributed by atoms with Gasteiger partial charge in [0, 0.05) is 18.5 Å². The number of nitrogens with zero attached hydrogens (tertiary/aromatic N) is 1. The number of fused-ring (bicyclic) bond motifs is 1. The van der Waals surface area contributed by atoms with Gasteiger partial charge in [0.05, 0.1) is 6.61 Å². The average Bonchev–Trinajstić information content (AvgIpc) is 2.90. The predicted octanol–water partition coefficient (Wildman–Crippen LogP) is 2.97. The molecule has 132 valence electrons. The molecule has 1 aromatic carbocycles. The molecule has 0 saturated carbocycles. The monoisotopic (exact) mass is 343 g/mol. The van der Waals surface area contributed by atoms with Crippen molar-refractivity contribution in [2.45, 2.75) is 39.5 Å². The fourth-order valence-electron chi connectivity index (χ4n) is 2.74. The summed E-state index contributed by atoms with van der Waals surface area (Å²) in [6, 6.07) is 5.62. The number of amides is 2. The van der Waals surface area contributed by atoms with Crippen LogP contribution in [-0.2, 0) is 16.0 Å². The van der Waals surface area contributed by atoms with E-state index in [1.165, 1.54) is 0 Å². The fraction of sp³-hybridized carbons (Fsp3) is 0.389. The molecule has 7 heteroatoms. The molecule has 0 radical (unpaired) electrons. The average molecular weight is 343 g/mol. The van der Waals surface area contributed by atoms with Gasteiger partial charge < -0.3 is 19.9 Å². The van der Waals surface area contributed by atoms with Crippen molar-refractivity contribution in [2.75, 3.05) is 17.2 Å². The summed E-state index contributed by atoms with van der Waals surface area (Å²) in [5, 5.41) is 9.45. The van der Waals surface area contributed by atoms with E-state index in [2.05, 4.69) is 15.8 Å². The van der Waals surface area contributed by atoms with Gasteiger partial charge in [-0.1, -0.05) is 5.16 Å². The Bertz CT molecular complexity index is 778. The van der Waals surface area contributed by atoms with Crippen LogP contribution in [0.4, 0.5) is 11.4 Å². The van der Waals surface area contributed by atoms with Gasteiger partial charge >= 0.3 is 0 Å². The Balaban J connectivity index is 1.44. The zero-order chi connectivity index (χ0) is 17.8. The number of ether oxygens (including phenoxy) is 1. The standard InChI is InChI=1S/C18H21N3O4/c1-11-18(12(2)25-21-11)20-16(22)4-3-9-24-14-6-7-15-13(10-14)5-8-17(23)19-15/h6-7,10H,3-5,8-9H2,1-2H3,(H,19,23)(H,20,22). The molecule has 0 aliphatic carbocycles.